The third kappa shape index (κ3) is 6.31. The fraction of sp³-hybridized carbons (Fsp3) is 0.591. The van der Waals surface area contributed by atoms with Crippen LogP contribution in [0, 0.1) is 12.8 Å². The van der Waals surface area contributed by atoms with Gasteiger partial charge in [0, 0.05) is 25.9 Å². The van der Waals surface area contributed by atoms with E-state index in [2.05, 4.69) is 16.8 Å². The summed E-state index contributed by atoms with van der Waals surface area (Å²) in [5, 5.41) is 0.197. The average Bonchev–Trinajstić information content (AvgIpc) is 3.07. The highest BCUT2D eigenvalue weighted by atomic mass is 32.2. The van der Waals surface area contributed by atoms with Gasteiger partial charge in [0.1, 0.15) is 12.4 Å². The Balaban J connectivity index is 1.62. The second kappa shape index (κ2) is 9.76. The van der Waals surface area contributed by atoms with Gasteiger partial charge in [-0.05, 0) is 44.9 Å². The molecular weight excluding hydrogens is 386 g/mol. The van der Waals surface area contributed by atoms with Crippen LogP contribution in [0.4, 0.5) is 0 Å². The summed E-state index contributed by atoms with van der Waals surface area (Å²) in [6.07, 6.45) is 9.06. The van der Waals surface area contributed by atoms with Crippen molar-refractivity contribution in [1.29, 1.82) is 0 Å². The highest BCUT2D eigenvalue weighted by molar-refractivity contribution is 7.90. The Morgan fingerprint density at radius 2 is 1.86 bits per heavy atom. The molecule has 7 heteroatoms. The first-order valence-corrected chi connectivity index (χ1v) is 12.3. The largest absolute Gasteiger partial charge is 0.492 e. The molecule has 1 fully saturated rings. The Hall–Kier alpha value is -1.86. The molecule has 3 rings (SSSR count). The van der Waals surface area contributed by atoms with E-state index in [1.54, 1.807) is 6.20 Å². The molecule has 1 aromatic heterocycles. The third-order valence-electron chi connectivity index (χ3n) is 5.59. The van der Waals surface area contributed by atoms with Gasteiger partial charge in [0.2, 0.25) is 15.0 Å². The number of hydrogen-bond acceptors (Lipinski definition) is 5. The molecule has 0 N–H and O–H groups in total. The lowest BCUT2D eigenvalue weighted by Crippen LogP contribution is -2.26. The molecule has 0 atom stereocenters. The minimum atomic E-state index is -3.35. The molecule has 1 aliphatic rings. The summed E-state index contributed by atoms with van der Waals surface area (Å²) in [7, 11) is -1.32. The minimum absolute atomic E-state index is 0.197. The van der Waals surface area contributed by atoms with Crippen LogP contribution in [0.25, 0.3) is 0 Å². The number of aryl methyl sites for hydroxylation is 1. The van der Waals surface area contributed by atoms with Crippen LogP contribution in [-0.2, 0) is 22.9 Å². The quantitative estimate of drug-likeness (QED) is 0.620. The number of hydrogen-bond donors (Lipinski definition) is 0. The smallest absolute Gasteiger partial charge is 0.227 e. The van der Waals surface area contributed by atoms with Crippen molar-refractivity contribution in [2.75, 3.05) is 26.5 Å². The zero-order valence-corrected chi connectivity index (χ0v) is 18.6. The molecule has 0 aliphatic heterocycles. The van der Waals surface area contributed by atoms with Crippen molar-refractivity contribution in [2.45, 2.75) is 57.3 Å². The lowest BCUT2D eigenvalue weighted by Gasteiger charge is -2.25. The molecule has 0 amide bonds. The Bertz CT molecular complexity index is 885. The van der Waals surface area contributed by atoms with Crippen LogP contribution in [0.5, 0.6) is 5.75 Å². The first-order valence-electron chi connectivity index (χ1n) is 10.5. The molecule has 1 aromatic carbocycles. The first kappa shape index (κ1) is 21.8. The van der Waals surface area contributed by atoms with Gasteiger partial charge in [-0.3, -0.25) is 4.90 Å². The van der Waals surface area contributed by atoms with Crippen molar-refractivity contribution in [3.63, 3.8) is 0 Å². The summed E-state index contributed by atoms with van der Waals surface area (Å²) in [5.74, 6) is 1.40. The van der Waals surface area contributed by atoms with E-state index < -0.39 is 9.84 Å². The van der Waals surface area contributed by atoms with Gasteiger partial charge in [-0.2, -0.15) is 0 Å². The molecule has 1 aliphatic carbocycles. The van der Waals surface area contributed by atoms with Crippen LogP contribution >= 0.6 is 0 Å². The number of aromatic nitrogens is 2. The van der Waals surface area contributed by atoms with Crippen LogP contribution in [-0.4, -0.2) is 49.3 Å². The molecular formula is C22H33N3O3S. The number of imidazole rings is 1. The number of sulfone groups is 1. The van der Waals surface area contributed by atoms with Gasteiger partial charge in [-0.1, -0.05) is 37.0 Å². The highest BCUT2D eigenvalue weighted by Crippen LogP contribution is 2.27. The maximum Gasteiger partial charge on any atom is 0.227 e. The van der Waals surface area contributed by atoms with Crippen LogP contribution < -0.4 is 4.74 Å². The molecule has 0 bridgehead atoms. The van der Waals surface area contributed by atoms with E-state index in [0.717, 1.165) is 24.5 Å². The third-order valence-corrected chi connectivity index (χ3v) is 6.58. The summed E-state index contributed by atoms with van der Waals surface area (Å²) in [6, 6.07) is 8.03. The van der Waals surface area contributed by atoms with E-state index in [4.69, 9.17) is 4.74 Å². The standard InChI is InChI=1S/C22H33N3O3S/c1-18-9-11-21(12-10-18)28-14-13-24(2)17-20-15-23-22(29(3,26)27)25(20)16-19-7-5-4-6-8-19/h9-12,15,19H,4-8,13-14,16-17H2,1-3H3. The van der Waals surface area contributed by atoms with Gasteiger partial charge in [0.05, 0.1) is 11.9 Å². The normalized spacial score (nSPS) is 15.7. The summed E-state index contributed by atoms with van der Waals surface area (Å²) in [5.41, 5.74) is 2.16. The average molecular weight is 420 g/mol. The second-order valence-corrected chi connectivity index (χ2v) is 10.2. The van der Waals surface area contributed by atoms with Crippen LogP contribution in [0.15, 0.2) is 35.6 Å². The van der Waals surface area contributed by atoms with Crippen molar-refractivity contribution in [3.8, 4) is 5.75 Å². The van der Waals surface area contributed by atoms with Crippen molar-refractivity contribution >= 4 is 9.84 Å². The summed E-state index contributed by atoms with van der Waals surface area (Å²) >= 11 is 0. The SMILES string of the molecule is Cc1ccc(OCCN(C)Cc2cnc(S(C)(=O)=O)n2CC2CCCCC2)cc1. The zero-order chi connectivity index (χ0) is 20.9. The minimum Gasteiger partial charge on any atom is -0.492 e. The van der Waals surface area contributed by atoms with Crippen molar-refractivity contribution in [2.24, 2.45) is 5.92 Å². The Morgan fingerprint density at radius 1 is 1.17 bits per heavy atom. The molecule has 0 spiro atoms. The molecule has 1 heterocycles. The van der Waals surface area contributed by atoms with Crippen LogP contribution in [0.2, 0.25) is 0 Å². The lowest BCUT2D eigenvalue weighted by atomic mass is 9.89. The molecule has 29 heavy (non-hydrogen) atoms. The van der Waals surface area contributed by atoms with Gasteiger partial charge in [-0.15, -0.1) is 0 Å². The van der Waals surface area contributed by atoms with E-state index in [0.29, 0.717) is 19.1 Å². The number of ether oxygens (including phenoxy) is 1. The first-order chi connectivity index (χ1) is 13.8. The van der Waals surface area contributed by atoms with E-state index in [9.17, 15) is 8.42 Å². The molecule has 1 saturated carbocycles. The molecule has 0 unspecified atom stereocenters. The summed E-state index contributed by atoms with van der Waals surface area (Å²) < 4.78 is 32.2. The van der Waals surface area contributed by atoms with E-state index in [-0.39, 0.29) is 5.16 Å². The predicted octanol–water partition coefficient (Wildman–Crippen LogP) is 3.69. The van der Waals surface area contributed by atoms with Crippen LogP contribution in [0.3, 0.4) is 0 Å². The van der Waals surface area contributed by atoms with Gasteiger partial charge in [0.25, 0.3) is 0 Å². The van der Waals surface area contributed by atoms with Gasteiger partial charge < -0.3 is 9.30 Å². The fourth-order valence-corrected chi connectivity index (χ4v) is 4.78. The van der Waals surface area contributed by atoms with Crippen LogP contribution in [0.1, 0.15) is 43.4 Å². The topological polar surface area (TPSA) is 64.4 Å². The van der Waals surface area contributed by atoms with E-state index in [1.165, 1.54) is 43.9 Å². The molecule has 6 nitrogen and oxygen atoms in total. The zero-order valence-electron chi connectivity index (χ0n) is 17.8. The van der Waals surface area contributed by atoms with Crippen molar-refractivity contribution < 1.29 is 13.2 Å². The Morgan fingerprint density at radius 3 is 2.52 bits per heavy atom. The lowest BCUT2D eigenvalue weighted by molar-refractivity contribution is 0.226. The molecule has 160 valence electrons. The summed E-state index contributed by atoms with van der Waals surface area (Å²) in [6.45, 7) is 4.77. The van der Waals surface area contributed by atoms with Gasteiger partial charge in [0.15, 0.2) is 0 Å². The summed E-state index contributed by atoms with van der Waals surface area (Å²) in [4.78, 5) is 6.41. The Labute approximate surface area is 174 Å². The van der Waals surface area contributed by atoms with Crippen molar-refractivity contribution in [3.05, 3.63) is 41.7 Å². The maximum absolute atomic E-state index is 12.2. The highest BCUT2D eigenvalue weighted by Gasteiger charge is 2.23. The number of likely N-dealkylation sites (N-methyl/N-ethyl adjacent to an activating group) is 1. The van der Waals surface area contributed by atoms with Gasteiger partial charge in [-0.25, -0.2) is 13.4 Å². The Kier molecular flexibility index (Phi) is 7.35. The number of benzene rings is 1. The monoisotopic (exact) mass is 419 g/mol. The molecule has 0 saturated heterocycles. The molecule has 2 aromatic rings. The van der Waals surface area contributed by atoms with E-state index in [1.807, 2.05) is 35.9 Å². The maximum atomic E-state index is 12.2. The predicted molar refractivity (Wildman–Crippen MR) is 115 cm³/mol. The number of rotatable bonds is 9. The number of nitrogens with zero attached hydrogens (tertiary/aromatic N) is 3. The van der Waals surface area contributed by atoms with Gasteiger partial charge >= 0.3 is 0 Å². The van der Waals surface area contributed by atoms with E-state index >= 15 is 0 Å². The fourth-order valence-electron chi connectivity index (χ4n) is 3.95. The van der Waals surface area contributed by atoms with Crippen molar-refractivity contribution in [1.82, 2.24) is 14.5 Å². The second-order valence-electron chi connectivity index (χ2n) is 8.32. The molecule has 0 radical (unpaired) electrons.